The van der Waals surface area contributed by atoms with Gasteiger partial charge in [0.05, 0.1) is 11.2 Å². The third-order valence-corrected chi connectivity index (χ3v) is 5.99. The van der Waals surface area contributed by atoms with Crippen LogP contribution in [0, 0.1) is 5.92 Å². The Hall–Kier alpha value is -3.87. The number of pyridine rings is 2. The van der Waals surface area contributed by atoms with Crippen molar-refractivity contribution >= 4 is 22.5 Å². The first-order valence-corrected chi connectivity index (χ1v) is 10.3. The van der Waals surface area contributed by atoms with Crippen LogP contribution in [-0.4, -0.2) is 25.5 Å². The minimum Gasteiger partial charge on any atom is -0.368 e. The first-order valence-electron chi connectivity index (χ1n) is 10.3. The second kappa shape index (κ2) is 6.82. The monoisotopic (exact) mass is 426 g/mol. The van der Waals surface area contributed by atoms with Gasteiger partial charge in [-0.25, -0.2) is 13.8 Å². The molecule has 2 aromatic carbocycles. The van der Waals surface area contributed by atoms with Crippen LogP contribution in [0.4, 0.5) is 14.7 Å². The lowest BCUT2D eigenvalue weighted by Gasteiger charge is -2.34. The summed E-state index contributed by atoms with van der Waals surface area (Å²) in [6.45, 7) is 0. The molecule has 3 heterocycles. The Labute approximate surface area is 182 Å². The fourth-order valence-electron chi connectivity index (χ4n) is 4.31. The van der Waals surface area contributed by atoms with Crippen molar-refractivity contribution in [2.45, 2.75) is 18.8 Å². The maximum Gasteiger partial charge on any atom is 0.249 e. The molecule has 0 amide bonds. The van der Waals surface area contributed by atoms with Crippen molar-refractivity contribution in [3.05, 3.63) is 84.4 Å². The molecule has 3 aromatic heterocycles. The van der Waals surface area contributed by atoms with Crippen LogP contribution in [0.15, 0.2) is 72.9 Å². The number of nitrogens with two attached hydrogens (primary N) is 1. The molecule has 2 N–H and O–H groups in total. The quantitative estimate of drug-likeness (QED) is 0.411. The smallest absolute Gasteiger partial charge is 0.249 e. The number of fused-ring (bicyclic) bond motifs is 3. The third kappa shape index (κ3) is 3.00. The molecule has 0 spiro atoms. The summed E-state index contributed by atoms with van der Waals surface area (Å²) in [5.74, 6) is -1.45. The van der Waals surface area contributed by atoms with Crippen molar-refractivity contribution in [1.82, 2.24) is 19.6 Å². The molecule has 0 atom stereocenters. The highest BCUT2D eigenvalue weighted by Crippen LogP contribution is 2.47. The summed E-state index contributed by atoms with van der Waals surface area (Å²) in [5, 5.41) is 9.06. The van der Waals surface area contributed by atoms with Crippen LogP contribution in [0.2, 0.25) is 0 Å². The van der Waals surface area contributed by atoms with Gasteiger partial charge < -0.3 is 5.73 Å². The number of anilines is 1. The number of alkyl halides is 2. The number of nitrogens with zero attached hydrogens (tertiary/aromatic N) is 4. The lowest BCUT2D eigenvalue weighted by atomic mass is 9.76. The molecule has 32 heavy (non-hydrogen) atoms. The number of halogens is 2. The van der Waals surface area contributed by atoms with Gasteiger partial charge in [-0.15, -0.1) is 10.2 Å². The summed E-state index contributed by atoms with van der Waals surface area (Å²) in [5.41, 5.74) is 11.9. The minimum atomic E-state index is -2.56. The van der Waals surface area contributed by atoms with Gasteiger partial charge in [-0.3, -0.25) is 4.40 Å². The van der Waals surface area contributed by atoms with Crippen LogP contribution in [0.1, 0.15) is 18.4 Å². The van der Waals surface area contributed by atoms with E-state index < -0.39 is 5.92 Å². The zero-order valence-electron chi connectivity index (χ0n) is 17.0. The van der Waals surface area contributed by atoms with Crippen LogP contribution in [0.3, 0.4) is 0 Å². The maximum atomic E-state index is 13.3. The number of rotatable bonds is 3. The van der Waals surface area contributed by atoms with E-state index in [2.05, 4.69) is 16.3 Å². The molecule has 5 nitrogen and oxygen atoms in total. The topological polar surface area (TPSA) is 69.1 Å². The van der Waals surface area contributed by atoms with Gasteiger partial charge in [-0.2, -0.15) is 0 Å². The molecule has 157 valence electrons. The van der Waals surface area contributed by atoms with Crippen LogP contribution >= 0.6 is 0 Å². The van der Waals surface area contributed by atoms with Crippen LogP contribution in [0.5, 0.6) is 0 Å². The molecule has 6 rings (SSSR count). The zero-order chi connectivity index (χ0) is 21.9. The standard InChI is InChI=1S/C25H18F2N5/c26-25(27)13-18(14-25)15-6-8-17(9-7-15)22-19(16-4-2-1-3-5-16)12-20-21(29-22)10-11-32-23(20)30-31-24(32)28/h1-12H,13-14H2,(H2,28,31). The summed E-state index contributed by atoms with van der Waals surface area (Å²) < 4.78 is 28.3. The SMILES string of the molecule is Nc1nnc2c3cc(-c4ccccc4)c(-c4ccc([C]5CC(F)(F)C5)cc4)nc3ccn12. The molecule has 5 aromatic rings. The molecule has 1 aliphatic carbocycles. The third-order valence-electron chi connectivity index (χ3n) is 5.99. The summed E-state index contributed by atoms with van der Waals surface area (Å²) in [6.07, 6.45) is 1.49. The van der Waals surface area contributed by atoms with E-state index in [9.17, 15) is 8.78 Å². The van der Waals surface area contributed by atoms with Gasteiger partial charge in [-0.1, -0.05) is 54.6 Å². The first-order chi connectivity index (χ1) is 15.5. The molecule has 1 aliphatic rings. The summed E-state index contributed by atoms with van der Waals surface area (Å²) in [6, 6.07) is 21.7. The Morgan fingerprint density at radius 3 is 2.28 bits per heavy atom. The summed E-state index contributed by atoms with van der Waals surface area (Å²) >= 11 is 0. The van der Waals surface area contributed by atoms with Gasteiger partial charge in [0.25, 0.3) is 0 Å². The predicted molar refractivity (Wildman–Crippen MR) is 120 cm³/mol. The molecule has 0 aliphatic heterocycles. The highest BCUT2D eigenvalue weighted by molar-refractivity contribution is 5.98. The average molecular weight is 426 g/mol. The van der Waals surface area contributed by atoms with E-state index in [1.807, 2.05) is 66.9 Å². The number of hydrogen-bond donors (Lipinski definition) is 1. The molecule has 0 unspecified atom stereocenters. The molecule has 1 fully saturated rings. The van der Waals surface area contributed by atoms with Crippen LogP contribution in [0.25, 0.3) is 38.9 Å². The highest BCUT2D eigenvalue weighted by atomic mass is 19.3. The first kappa shape index (κ1) is 18.9. The predicted octanol–water partition coefficient (Wildman–Crippen LogP) is 5.55. The number of benzene rings is 2. The van der Waals surface area contributed by atoms with Crippen LogP contribution in [-0.2, 0) is 0 Å². The lowest BCUT2D eigenvalue weighted by Crippen LogP contribution is -2.34. The number of aromatic nitrogens is 4. The fraction of sp³-hybridized carbons (Fsp3) is 0.120. The molecule has 1 saturated carbocycles. The normalized spacial score (nSPS) is 15.8. The van der Waals surface area contributed by atoms with Crippen molar-refractivity contribution in [3.8, 4) is 22.4 Å². The zero-order valence-corrected chi connectivity index (χ0v) is 17.0. The lowest BCUT2D eigenvalue weighted by molar-refractivity contribution is -0.0513. The molecule has 0 bridgehead atoms. The summed E-state index contributed by atoms with van der Waals surface area (Å²) in [7, 11) is 0. The van der Waals surface area contributed by atoms with Crippen molar-refractivity contribution < 1.29 is 8.78 Å². The molecular weight excluding hydrogens is 408 g/mol. The highest BCUT2D eigenvalue weighted by Gasteiger charge is 2.46. The summed E-state index contributed by atoms with van der Waals surface area (Å²) in [4.78, 5) is 4.96. The van der Waals surface area contributed by atoms with E-state index in [1.165, 1.54) is 0 Å². The largest absolute Gasteiger partial charge is 0.368 e. The van der Waals surface area contributed by atoms with Gasteiger partial charge in [0, 0.05) is 41.5 Å². The van der Waals surface area contributed by atoms with Gasteiger partial charge in [-0.05, 0) is 23.3 Å². The van der Waals surface area contributed by atoms with Crippen molar-refractivity contribution in [2.75, 3.05) is 5.73 Å². The van der Waals surface area contributed by atoms with E-state index in [0.717, 1.165) is 44.8 Å². The Morgan fingerprint density at radius 2 is 1.56 bits per heavy atom. The number of hydrogen-bond acceptors (Lipinski definition) is 4. The van der Waals surface area contributed by atoms with Crippen LogP contribution < -0.4 is 5.73 Å². The van der Waals surface area contributed by atoms with E-state index in [4.69, 9.17) is 10.7 Å². The van der Waals surface area contributed by atoms with Crippen molar-refractivity contribution in [2.24, 2.45) is 0 Å². The molecule has 1 radical (unpaired) electrons. The Balaban J connectivity index is 1.51. The Kier molecular flexibility index (Phi) is 4.02. The second-order valence-electron chi connectivity index (χ2n) is 8.14. The Morgan fingerprint density at radius 1 is 0.844 bits per heavy atom. The molecular formula is C25H18F2N5. The minimum absolute atomic E-state index is 0.159. The van der Waals surface area contributed by atoms with E-state index in [0.29, 0.717) is 11.6 Å². The van der Waals surface area contributed by atoms with Gasteiger partial charge in [0.2, 0.25) is 11.9 Å². The van der Waals surface area contributed by atoms with Gasteiger partial charge >= 0.3 is 0 Å². The van der Waals surface area contributed by atoms with E-state index in [1.54, 1.807) is 4.40 Å². The fourth-order valence-corrected chi connectivity index (χ4v) is 4.31. The Bertz CT molecular complexity index is 1450. The van der Waals surface area contributed by atoms with E-state index in [-0.39, 0.29) is 12.8 Å². The van der Waals surface area contributed by atoms with Crippen molar-refractivity contribution in [1.29, 1.82) is 0 Å². The maximum absolute atomic E-state index is 13.3. The number of nitrogen functional groups attached to an aromatic ring is 1. The average Bonchev–Trinajstić information content (AvgIpc) is 3.18. The molecule has 0 saturated heterocycles. The molecule has 7 heteroatoms. The van der Waals surface area contributed by atoms with Gasteiger partial charge in [0.15, 0.2) is 5.65 Å². The van der Waals surface area contributed by atoms with Gasteiger partial charge in [0.1, 0.15) is 0 Å². The van der Waals surface area contributed by atoms with Crippen molar-refractivity contribution in [3.63, 3.8) is 0 Å². The second-order valence-corrected chi connectivity index (χ2v) is 8.14. The van der Waals surface area contributed by atoms with E-state index >= 15 is 0 Å².